The Balaban J connectivity index is 2.13. The molecule has 2 aromatic carbocycles. The molecular formula is C15H12FN3O3. The minimum absolute atomic E-state index is 0.0124. The molecule has 0 radical (unpaired) electrons. The second kappa shape index (κ2) is 5.53. The van der Waals surface area contributed by atoms with Crippen molar-refractivity contribution >= 4 is 17.3 Å². The van der Waals surface area contributed by atoms with E-state index < -0.39 is 16.8 Å². The molecular weight excluding hydrogens is 289 g/mol. The van der Waals surface area contributed by atoms with Gasteiger partial charge in [0.05, 0.1) is 17.5 Å². The first-order valence-corrected chi connectivity index (χ1v) is 6.62. The van der Waals surface area contributed by atoms with Gasteiger partial charge in [0, 0.05) is 23.4 Å². The third-order valence-electron chi connectivity index (χ3n) is 3.51. The largest absolute Gasteiger partial charge is 0.325 e. The molecule has 0 aromatic heterocycles. The molecule has 2 aromatic rings. The maximum absolute atomic E-state index is 14.2. The summed E-state index contributed by atoms with van der Waals surface area (Å²) in [4.78, 5) is 22.0. The van der Waals surface area contributed by atoms with E-state index in [4.69, 9.17) is 0 Å². The standard InChI is InChI=1S/C15H12FN3O3/c16-12-6-5-9(19(21)22)7-11(12)15-10-3-1-2-4-13(10)18-14(20)8-17-15/h1-7,15,17H,8H2,(H,18,20). The summed E-state index contributed by atoms with van der Waals surface area (Å²) in [5, 5.41) is 16.6. The van der Waals surface area contributed by atoms with Gasteiger partial charge in [0.25, 0.3) is 5.69 Å². The minimum Gasteiger partial charge on any atom is -0.325 e. The number of rotatable bonds is 2. The van der Waals surface area contributed by atoms with E-state index in [0.29, 0.717) is 11.3 Å². The number of anilines is 1. The molecule has 2 N–H and O–H groups in total. The van der Waals surface area contributed by atoms with Gasteiger partial charge in [-0.05, 0) is 17.7 Å². The summed E-state index contributed by atoms with van der Waals surface area (Å²) in [7, 11) is 0. The van der Waals surface area contributed by atoms with E-state index in [1.807, 2.05) is 0 Å². The van der Waals surface area contributed by atoms with Crippen molar-refractivity contribution in [3.8, 4) is 0 Å². The van der Waals surface area contributed by atoms with E-state index in [0.717, 1.165) is 12.1 Å². The number of halogens is 1. The van der Waals surface area contributed by atoms with Crippen LogP contribution in [0.15, 0.2) is 42.5 Å². The zero-order valence-electron chi connectivity index (χ0n) is 11.4. The van der Waals surface area contributed by atoms with Crippen molar-refractivity contribution in [1.29, 1.82) is 0 Å². The van der Waals surface area contributed by atoms with Crippen molar-refractivity contribution in [2.24, 2.45) is 0 Å². The van der Waals surface area contributed by atoms with Gasteiger partial charge in [0.2, 0.25) is 5.91 Å². The van der Waals surface area contributed by atoms with E-state index in [2.05, 4.69) is 10.6 Å². The number of para-hydroxylation sites is 1. The minimum atomic E-state index is -0.643. The highest BCUT2D eigenvalue weighted by molar-refractivity contribution is 5.94. The Kier molecular flexibility index (Phi) is 3.56. The van der Waals surface area contributed by atoms with Crippen LogP contribution in [-0.4, -0.2) is 17.4 Å². The van der Waals surface area contributed by atoms with E-state index >= 15 is 0 Å². The highest BCUT2D eigenvalue weighted by Gasteiger charge is 2.26. The first kappa shape index (κ1) is 14.2. The number of carbonyl (C=O) groups excluding carboxylic acids is 1. The molecule has 1 aliphatic rings. The van der Waals surface area contributed by atoms with Crippen LogP contribution in [0, 0.1) is 15.9 Å². The number of nitro benzene ring substituents is 1. The van der Waals surface area contributed by atoms with Crippen molar-refractivity contribution in [1.82, 2.24) is 5.32 Å². The summed E-state index contributed by atoms with van der Waals surface area (Å²) in [5.41, 5.74) is 1.17. The number of nitro groups is 1. The van der Waals surface area contributed by atoms with Crippen molar-refractivity contribution in [3.05, 3.63) is 69.5 Å². The molecule has 0 saturated carbocycles. The topological polar surface area (TPSA) is 84.3 Å². The first-order chi connectivity index (χ1) is 10.6. The molecule has 112 valence electrons. The van der Waals surface area contributed by atoms with Crippen LogP contribution in [0.3, 0.4) is 0 Å². The first-order valence-electron chi connectivity index (χ1n) is 6.62. The number of nitrogens with one attached hydrogen (secondary N) is 2. The van der Waals surface area contributed by atoms with E-state index in [-0.39, 0.29) is 23.7 Å². The number of nitrogens with zero attached hydrogens (tertiary/aromatic N) is 1. The normalized spacial score (nSPS) is 17.3. The Labute approximate surface area is 125 Å². The lowest BCUT2D eigenvalue weighted by Crippen LogP contribution is -2.28. The van der Waals surface area contributed by atoms with Crippen LogP contribution < -0.4 is 10.6 Å². The van der Waals surface area contributed by atoms with Crippen LogP contribution in [0.2, 0.25) is 0 Å². The lowest BCUT2D eigenvalue weighted by molar-refractivity contribution is -0.385. The highest BCUT2D eigenvalue weighted by Crippen LogP contribution is 2.33. The molecule has 3 rings (SSSR count). The molecule has 1 amide bonds. The Hall–Kier alpha value is -2.80. The smallest absolute Gasteiger partial charge is 0.269 e. The molecule has 6 nitrogen and oxygen atoms in total. The molecule has 0 aliphatic carbocycles. The molecule has 1 unspecified atom stereocenters. The molecule has 0 fully saturated rings. The average Bonchev–Trinajstić information content (AvgIpc) is 2.66. The molecule has 0 bridgehead atoms. The quantitative estimate of drug-likeness (QED) is 0.659. The monoisotopic (exact) mass is 301 g/mol. The van der Waals surface area contributed by atoms with Crippen LogP contribution in [0.4, 0.5) is 15.8 Å². The third kappa shape index (κ3) is 2.53. The Morgan fingerprint density at radius 3 is 2.73 bits per heavy atom. The fourth-order valence-corrected chi connectivity index (χ4v) is 2.51. The fourth-order valence-electron chi connectivity index (χ4n) is 2.51. The van der Waals surface area contributed by atoms with Crippen LogP contribution >= 0.6 is 0 Å². The number of hydrogen-bond acceptors (Lipinski definition) is 4. The van der Waals surface area contributed by atoms with Gasteiger partial charge in [-0.15, -0.1) is 0 Å². The van der Waals surface area contributed by atoms with Crippen molar-refractivity contribution in [2.45, 2.75) is 6.04 Å². The second-order valence-corrected chi connectivity index (χ2v) is 4.91. The summed E-state index contributed by atoms with van der Waals surface area (Å²) >= 11 is 0. The molecule has 0 saturated heterocycles. The second-order valence-electron chi connectivity index (χ2n) is 4.91. The highest BCUT2D eigenvalue weighted by atomic mass is 19.1. The zero-order chi connectivity index (χ0) is 15.7. The van der Waals surface area contributed by atoms with Gasteiger partial charge >= 0.3 is 0 Å². The number of amides is 1. The summed E-state index contributed by atoms with van der Waals surface area (Å²) < 4.78 is 14.2. The lowest BCUT2D eigenvalue weighted by Gasteiger charge is -2.18. The van der Waals surface area contributed by atoms with Crippen LogP contribution in [0.25, 0.3) is 0 Å². The molecule has 1 atom stereocenters. The maximum atomic E-state index is 14.2. The molecule has 1 heterocycles. The average molecular weight is 301 g/mol. The molecule has 22 heavy (non-hydrogen) atoms. The Morgan fingerprint density at radius 2 is 1.95 bits per heavy atom. The maximum Gasteiger partial charge on any atom is 0.269 e. The van der Waals surface area contributed by atoms with Gasteiger partial charge in [-0.3, -0.25) is 20.2 Å². The third-order valence-corrected chi connectivity index (χ3v) is 3.51. The van der Waals surface area contributed by atoms with Crippen LogP contribution in [0.1, 0.15) is 17.2 Å². The van der Waals surface area contributed by atoms with E-state index in [1.165, 1.54) is 6.07 Å². The number of hydrogen-bond donors (Lipinski definition) is 2. The van der Waals surface area contributed by atoms with Crippen molar-refractivity contribution < 1.29 is 14.1 Å². The predicted octanol–water partition coefficient (Wildman–Crippen LogP) is 2.37. The van der Waals surface area contributed by atoms with Crippen molar-refractivity contribution in [2.75, 3.05) is 11.9 Å². The number of benzene rings is 2. The zero-order valence-corrected chi connectivity index (χ0v) is 11.4. The predicted molar refractivity (Wildman–Crippen MR) is 78.0 cm³/mol. The lowest BCUT2D eigenvalue weighted by atomic mass is 9.96. The van der Waals surface area contributed by atoms with Crippen LogP contribution in [0.5, 0.6) is 0 Å². The van der Waals surface area contributed by atoms with Gasteiger partial charge in [-0.1, -0.05) is 18.2 Å². The van der Waals surface area contributed by atoms with Crippen molar-refractivity contribution in [3.63, 3.8) is 0 Å². The van der Waals surface area contributed by atoms with Gasteiger partial charge in [0.15, 0.2) is 0 Å². The van der Waals surface area contributed by atoms with E-state index in [9.17, 15) is 19.3 Å². The van der Waals surface area contributed by atoms with E-state index in [1.54, 1.807) is 24.3 Å². The van der Waals surface area contributed by atoms with Gasteiger partial charge < -0.3 is 5.32 Å². The number of carbonyl (C=O) groups is 1. The molecule has 0 spiro atoms. The van der Waals surface area contributed by atoms with Crippen LogP contribution in [-0.2, 0) is 4.79 Å². The Morgan fingerprint density at radius 1 is 1.18 bits per heavy atom. The van der Waals surface area contributed by atoms with Gasteiger partial charge in [0.1, 0.15) is 5.82 Å². The summed E-state index contributed by atoms with van der Waals surface area (Å²) in [6.45, 7) is -0.0124. The van der Waals surface area contributed by atoms with Gasteiger partial charge in [-0.25, -0.2) is 4.39 Å². The summed E-state index contributed by atoms with van der Waals surface area (Å²) in [6.07, 6.45) is 0. The number of non-ortho nitro benzene ring substituents is 1. The van der Waals surface area contributed by atoms with Gasteiger partial charge in [-0.2, -0.15) is 0 Å². The fraction of sp³-hybridized carbons (Fsp3) is 0.133. The molecule has 7 heteroatoms. The Bertz CT molecular complexity index is 763. The summed E-state index contributed by atoms with van der Waals surface area (Å²) in [6, 6.07) is 9.71. The summed E-state index contributed by atoms with van der Waals surface area (Å²) in [5.74, 6) is -0.812. The molecule has 1 aliphatic heterocycles. The number of fused-ring (bicyclic) bond motifs is 1. The SMILES string of the molecule is O=C1CNC(c2cc([N+](=O)[O-])ccc2F)c2ccccc2N1.